The molecule has 0 bridgehead atoms. The molecule has 0 N–H and O–H groups in total. The van der Waals surface area contributed by atoms with Gasteiger partial charge in [-0.15, -0.1) is 0 Å². The molecular formula is C9H13IN2O. The number of amides is 1. The first-order valence-electron chi connectivity index (χ1n) is 4.44. The number of alkyl halides is 1. The number of hydrogen-bond donors (Lipinski definition) is 0. The van der Waals surface area contributed by atoms with Crippen LogP contribution >= 0.6 is 22.6 Å². The summed E-state index contributed by atoms with van der Waals surface area (Å²) in [6, 6.07) is 1.90. The average Bonchev–Trinajstić information content (AvgIpc) is 2.10. The highest BCUT2D eigenvalue weighted by molar-refractivity contribution is 14.1. The Balaban J connectivity index is 2.46. The van der Waals surface area contributed by atoms with Crippen LogP contribution in [-0.2, 0) is 4.79 Å². The van der Waals surface area contributed by atoms with Crippen LogP contribution in [0.2, 0.25) is 0 Å². The van der Waals surface area contributed by atoms with Crippen molar-refractivity contribution in [1.82, 2.24) is 4.90 Å². The van der Waals surface area contributed by atoms with Gasteiger partial charge < -0.3 is 4.90 Å². The van der Waals surface area contributed by atoms with E-state index in [1.54, 1.807) is 4.90 Å². The van der Waals surface area contributed by atoms with E-state index in [0.717, 1.165) is 19.5 Å². The molecule has 1 saturated heterocycles. The minimum absolute atomic E-state index is 0.0175. The summed E-state index contributed by atoms with van der Waals surface area (Å²) in [5, 5.41) is 8.39. The van der Waals surface area contributed by atoms with Crippen molar-refractivity contribution in [3.05, 3.63) is 0 Å². The summed E-state index contributed by atoms with van der Waals surface area (Å²) in [5.41, 5.74) is 0. The van der Waals surface area contributed by atoms with E-state index in [9.17, 15) is 4.79 Å². The minimum Gasteiger partial charge on any atom is -0.341 e. The molecule has 2 atom stereocenters. The van der Waals surface area contributed by atoms with Crippen molar-refractivity contribution in [3.8, 4) is 6.07 Å². The van der Waals surface area contributed by atoms with Crippen LogP contribution in [0, 0.1) is 17.2 Å². The van der Waals surface area contributed by atoms with Crippen LogP contribution in [0.5, 0.6) is 0 Å². The highest BCUT2D eigenvalue weighted by Crippen LogP contribution is 2.23. The third-order valence-electron chi connectivity index (χ3n) is 2.45. The van der Waals surface area contributed by atoms with Gasteiger partial charge in [-0.25, -0.2) is 0 Å². The van der Waals surface area contributed by atoms with Crippen molar-refractivity contribution in [3.63, 3.8) is 0 Å². The molecule has 0 aliphatic carbocycles. The van der Waals surface area contributed by atoms with Gasteiger partial charge in [0.25, 0.3) is 0 Å². The van der Waals surface area contributed by atoms with Crippen molar-refractivity contribution >= 4 is 28.5 Å². The van der Waals surface area contributed by atoms with Gasteiger partial charge in [-0.1, -0.05) is 29.5 Å². The Kier molecular flexibility index (Phi) is 3.97. The molecule has 0 saturated carbocycles. The lowest BCUT2D eigenvalue weighted by Gasteiger charge is -2.33. The molecule has 1 heterocycles. The molecule has 3 nitrogen and oxygen atoms in total. The first kappa shape index (κ1) is 10.8. The highest BCUT2D eigenvalue weighted by Gasteiger charge is 2.26. The van der Waals surface area contributed by atoms with E-state index in [0.29, 0.717) is 9.84 Å². The lowest BCUT2D eigenvalue weighted by molar-refractivity contribution is -0.131. The summed E-state index contributed by atoms with van der Waals surface area (Å²) < 4.78 is 0.536. The Morgan fingerprint density at radius 2 is 2.46 bits per heavy atom. The Morgan fingerprint density at radius 1 is 1.77 bits per heavy atom. The summed E-state index contributed by atoms with van der Waals surface area (Å²) >= 11 is 2.38. The van der Waals surface area contributed by atoms with E-state index in [2.05, 4.69) is 29.5 Å². The van der Waals surface area contributed by atoms with Crippen molar-refractivity contribution in [1.29, 1.82) is 5.26 Å². The first-order valence-corrected chi connectivity index (χ1v) is 5.68. The van der Waals surface area contributed by atoms with Gasteiger partial charge in [-0.3, -0.25) is 4.79 Å². The number of nitrogens with zero attached hydrogens (tertiary/aromatic N) is 2. The van der Waals surface area contributed by atoms with Crippen LogP contribution in [0.3, 0.4) is 0 Å². The number of rotatable bonds is 1. The molecule has 4 heteroatoms. The van der Waals surface area contributed by atoms with Crippen molar-refractivity contribution < 1.29 is 4.79 Å². The van der Waals surface area contributed by atoms with Crippen LogP contribution in [0.15, 0.2) is 0 Å². The SMILES string of the molecule is CC1CCN(C(=O)CC#N)CC1I. The lowest BCUT2D eigenvalue weighted by Crippen LogP contribution is -2.43. The molecule has 1 amide bonds. The summed E-state index contributed by atoms with van der Waals surface area (Å²) in [5.74, 6) is 0.669. The van der Waals surface area contributed by atoms with E-state index in [-0.39, 0.29) is 12.3 Å². The molecule has 1 fully saturated rings. The number of likely N-dealkylation sites (tertiary alicyclic amines) is 1. The zero-order valence-electron chi connectivity index (χ0n) is 7.66. The molecule has 0 aromatic heterocycles. The standard InChI is InChI=1S/C9H13IN2O/c1-7-3-5-12(6-8(7)10)9(13)2-4-11/h7-8H,2-3,5-6H2,1H3. The monoisotopic (exact) mass is 292 g/mol. The van der Waals surface area contributed by atoms with Gasteiger partial charge in [0.1, 0.15) is 6.42 Å². The molecule has 1 rings (SSSR count). The Labute approximate surface area is 92.2 Å². The molecule has 13 heavy (non-hydrogen) atoms. The zero-order valence-corrected chi connectivity index (χ0v) is 9.82. The predicted molar refractivity (Wildman–Crippen MR) is 58.4 cm³/mol. The van der Waals surface area contributed by atoms with Crippen molar-refractivity contribution in [2.75, 3.05) is 13.1 Å². The van der Waals surface area contributed by atoms with E-state index >= 15 is 0 Å². The fourth-order valence-corrected chi connectivity index (χ4v) is 2.26. The maximum Gasteiger partial charge on any atom is 0.236 e. The molecule has 72 valence electrons. The Hall–Kier alpha value is -0.310. The van der Waals surface area contributed by atoms with Gasteiger partial charge in [-0.05, 0) is 12.3 Å². The number of carbonyl (C=O) groups excluding carboxylic acids is 1. The largest absolute Gasteiger partial charge is 0.341 e. The van der Waals surface area contributed by atoms with Crippen LogP contribution in [0.25, 0.3) is 0 Å². The molecule has 0 aromatic carbocycles. The number of carbonyl (C=O) groups is 1. The fourth-order valence-electron chi connectivity index (χ4n) is 1.43. The van der Waals surface area contributed by atoms with E-state index in [1.807, 2.05) is 6.07 Å². The van der Waals surface area contributed by atoms with E-state index in [4.69, 9.17) is 5.26 Å². The third-order valence-corrected chi connectivity index (χ3v) is 4.07. The summed E-state index contributed by atoms with van der Waals surface area (Å²) in [4.78, 5) is 13.2. The molecule has 1 aliphatic heterocycles. The third kappa shape index (κ3) is 2.83. The number of hydrogen-bond acceptors (Lipinski definition) is 2. The molecule has 0 aromatic rings. The Bertz CT molecular complexity index is 236. The topological polar surface area (TPSA) is 44.1 Å². The quantitative estimate of drug-likeness (QED) is 0.544. The average molecular weight is 292 g/mol. The van der Waals surface area contributed by atoms with Gasteiger partial charge in [0.2, 0.25) is 5.91 Å². The van der Waals surface area contributed by atoms with Crippen molar-refractivity contribution in [2.45, 2.75) is 23.7 Å². The molecule has 0 radical (unpaired) electrons. The lowest BCUT2D eigenvalue weighted by atomic mass is 9.99. The molecular weight excluding hydrogens is 279 g/mol. The van der Waals surface area contributed by atoms with E-state index in [1.165, 1.54) is 0 Å². The summed E-state index contributed by atoms with van der Waals surface area (Å²) in [7, 11) is 0. The molecule has 1 aliphatic rings. The fraction of sp³-hybridized carbons (Fsp3) is 0.778. The van der Waals surface area contributed by atoms with Gasteiger partial charge in [0.15, 0.2) is 0 Å². The Morgan fingerprint density at radius 3 is 3.00 bits per heavy atom. The van der Waals surface area contributed by atoms with Crippen molar-refractivity contribution in [2.24, 2.45) is 5.92 Å². The van der Waals surface area contributed by atoms with Crippen LogP contribution in [0.1, 0.15) is 19.8 Å². The minimum atomic E-state index is -0.0175. The predicted octanol–water partition coefficient (Wildman–Crippen LogP) is 1.57. The second-order valence-corrected chi connectivity index (χ2v) is 5.06. The van der Waals surface area contributed by atoms with Gasteiger partial charge in [0.05, 0.1) is 6.07 Å². The smallest absolute Gasteiger partial charge is 0.236 e. The summed E-state index contributed by atoms with van der Waals surface area (Å²) in [6.45, 7) is 3.84. The highest BCUT2D eigenvalue weighted by atomic mass is 127. The molecule has 2 unspecified atom stereocenters. The van der Waals surface area contributed by atoms with Crippen LogP contribution in [0.4, 0.5) is 0 Å². The number of piperidine rings is 1. The van der Waals surface area contributed by atoms with Crippen LogP contribution in [-0.4, -0.2) is 27.8 Å². The van der Waals surface area contributed by atoms with Gasteiger partial charge >= 0.3 is 0 Å². The zero-order chi connectivity index (χ0) is 9.84. The maximum atomic E-state index is 11.4. The normalized spacial score (nSPS) is 28.2. The summed E-state index contributed by atoms with van der Waals surface area (Å²) in [6.07, 6.45) is 1.09. The number of nitriles is 1. The second kappa shape index (κ2) is 4.80. The van der Waals surface area contributed by atoms with E-state index < -0.39 is 0 Å². The van der Waals surface area contributed by atoms with Crippen LogP contribution < -0.4 is 0 Å². The first-order chi connectivity index (χ1) is 6.15. The van der Waals surface area contributed by atoms with Gasteiger partial charge in [-0.2, -0.15) is 5.26 Å². The maximum absolute atomic E-state index is 11.4. The van der Waals surface area contributed by atoms with Gasteiger partial charge in [0, 0.05) is 17.0 Å². The molecule has 0 spiro atoms. The number of halogens is 1. The second-order valence-electron chi connectivity index (χ2n) is 3.46.